The number of hydrogen-bond acceptors (Lipinski definition) is 5. The molecule has 0 saturated carbocycles. The Morgan fingerprint density at radius 2 is 1.90 bits per heavy atom. The summed E-state index contributed by atoms with van der Waals surface area (Å²) in [6.07, 6.45) is 0. The van der Waals surface area contributed by atoms with Crippen LogP contribution < -0.4 is 14.8 Å². The highest BCUT2D eigenvalue weighted by Gasteiger charge is 2.12. The third-order valence-corrected chi connectivity index (χ3v) is 4.57. The number of thiazole rings is 1. The van der Waals surface area contributed by atoms with Crippen LogP contribution in [0.4, 0.5) is 10.8 Å². The van der Waals surface area contributed by atoms with Crippen molar-refractivity contribution in [3.05, 3.63) is 40.9 Å². The summed E-state index contributed by atoms with van der Waals surface area (Å²) in [5, 5.41) is 4.18. The third kappa shape index (κ3) is 2.56. The lowest BCUT2D eigenvalue weighted by molar-refractivity contribution is 0.171. The van der Waals surface area contributed by atoms with Gasteiger partial charge in [0.2, 0.25) is 0 Å². The van der Waals surface area contributed by atoms with Crippen molar-refractivity contribution in [3.8, 4) is 11.5 Å². The lowest BCUT2D eigenvalue weighted by Crippen LogP contribution is -2.15. The maximum absolute atomic E-state index is 5.59. The Hall–Kier alpha value is -1.79. The Kier molecular flexibility index (Phi) is 3.20. The van der Waals surface area contributed by atoms with E-state index in [2.05, 4.69) is 32.3 Å². The summed E-state index contributed by atoms with van der Waals surface area (Å²) >= 11 is 5.10. The Morgan fingerprint density at radius 1 is 1.05 bits per heavy atom. The van der Waals surface area contributed by atoms with Crippen LogP contribution in [0, 0.1) is 0 Å². The fourth-order valence-electron chi connectivity index (χ4n) is 2.20. The van der Waals surface area contributed by atoms with Gasteiger partial charge in [-0.3, -0.25) is 0 Å². The van der Waals surface area contributed by atoms with Crippen molar-refractivity contribution in [3.63, 3.8) is 0 Å². The number of nitrogens with one attached hydrogen (secondary N) is 1. The summed E-state index contributed by atoms with van der Waals surface area (Å²) < 4.78 is 13.3. The number of ether oxygens (including phenoxy) is 2. The third-order valence-electron chi connectivity index (χ3n) is 3.14. The zero-order valence-electron chi connectivity index (χ0n) is 10.9. The Labute approximate surface area is 133 Å². The molecule has 1 N–H and O–H groups in total. The molecule has 3 aromatic rings. The molecule has 0 radical (unpaired) electrons. The van der Waals surface area contributed by atoms with Gasteiger partial charge in [0.15, 0.2) is 16.6 Å². The van der Waals surface area contributed by atoms with Gasteiger partial charge in [0.25, 0.3) is 0 Å². The van der Waals surface area contributed by atoms with E-state index in [-0.39, 0.29) is 0 Å². The number of halogens is 1. The van der Waals surface area contributed by atoms with Crippen molar-refractivity contribution in [2.24, 2.45) is 0 Å². The summed E-state index contributed by atoms with van der Waals surface area (Å²) in [4.78, 5) is 4.58. The highest BCUT2D eigenvalue weighted by Crippen LogP contribution is 2.35. The first kappa shape index (κ1) is 12.9. The molecular weight excluding hydrogens is 352 g/mol. The van der Waals surface area contributed by atoms with Crippen LogP contribution in [0.1, 0.15) is 0 Å². The lowest BCUT2D eigenvalue weighted by atomic mass is 10.2. The van der Waals surface area contributed by atoms with Gasteiger partial charge in [0.1, 0.15) is 13.2 Å². The molecule has 0 saturated heterocycles. The quantitative estimate of drug-likeness (QED) is 0.724. The summed E-state index contributed by atoms with van der Waals surface area (Å²) in [6, 6.07) is 11.9. The van der Waals surface area contributed by atoms with E-state index >= 15 is 0 Å². The second-order valence-corrected chi connectivity index (χ2v) is 6.56. The van der Waals surface area contributed by atoms with E-state index in [1.807, 2.05) is 30.3 Å². The number of benzene rings is 2. The van der Waals surface area contributed by atoms with Crippen molar-refractivity contribution >= 4 is 48.3 Å². The number of aromatic nitrogens is 1. The minimum atomic E-state index is 0.589. The maximum Gasteiger partial charge on any atom is 0.188 e. The van der Waals surface area contributed by atoms with Gasteiger partial charge in [-0.2, -0.15) is 0 Å². The van der Waals surface area contributed by atoms with Crippen molar-refractivity contribution in [1.29, 1.82) is 0 Å². The topological polar surface area (TPSA) is 43.4 Å². The summed E-state index contributed by atoms with van der Waals surface area (Å²) in [6.45, 7) is 1.19. The van der Waals surface area contributed by atoms with Crippen molar-refractivity contribution < 1.29 is 9.47 Å². The fourth-order valence-corrected chi connectivity index (χ4v) is 3.63. The Bertz CT molecular complexity index is 819. The molecule has 0 bridgehead atoms. The van der Waals surface area contributed by atoms with E-state index in [0.717, 1.165) is 37.0 Å². The van der Waals surface area contributed by atoms with Crippen LogP contribution in [0.5, 0.6) is 11.5 Å². The number of hydrogen-bond donors (Lipinski definition) is 1. The van der Waals surface area contributed by atoms with Crippen LogP contribution >= 0.6 is 27.3 Å². The molecule has 1 aromatic heterocycles. The van der Waals surface area contributed by atoms with Gasteiger partial charge in [0, 0.05) is 16.2 Å². The average Bonchev–Trinajstić information content (AvgIpc) is 2.88. The molecule has 0 unspecified atom stereocenters. The molecule has 0 spiro atoms. The summed E-state index contributed by atoms with van der Waals surface area (Å²) in [5.41, 5.74) is 1.93. The van der Waals surface area contributed by atoms with Gasteiger partial charge >= 0.3 is 0 Å². The van der Waals surface area contributed by atoms with Crippen LogP contribution in [-0.2, 0) is 0 Å². The molecule has 106 valence electrons. The standard InChI is InChI=1S/C15H11BrN2O2S/c16-9-1-3-11-14(7-9)21-15(18-11)17-10-2-4-12-13(8-10)20-6-5-19-12/h1-4,7-8H,5-6H2,(H,17,18). The number of nitrogens with zero attached hydrogens (tertiary/aromatic N) is 1. The van der Waals surface area contributed by atoms with E-state index in [1.54, 1.807) is 11.3 Å². The SMILES string of the molecule is Brc1ccc2nc(Nc3ccc4c(c3)OCCO4)sc2c1. The number of anilines is 2. The molecule has 1 aliphatic heterocycles. The van der Waals surface area contributed by atoms with Gasteiger partial charge in [-0.25, -0.2) is 4.98 Å². The van der Waals surface area contributed by atoms with Crippen molar-refractivity contribution in [2.75, 3.05) is 18.5 Å². The second kappa shape index (κ2) is 5.20. The predicted molar refractivity (Wildman–Crippen MR) is 88.0 cm³/mol. The largest absolute Gasteiger partial charge is 0.486 e. The highest BCUT2D eigenvalue weighted by atomic mass is 79.9. The van der Waals surface area contributed by atoms with E-state index < -0.39 is 0 Å². The van der Waals surface area contributed by atoms with E-state index in [9.17, 15) is 0 Å². The highest BCUT2D eigenvalue weighted by molar-refractivity contribution is 9.10. The molecule has 4 rings (SSSR count). The molecule has 4 nitrogen and oxygen atoms in total. The Balaban J connectivity index is 1.64. The molecule has 21 heavy (non-hydrogen) atoms. The first-order valence-electron chi connectivity index (χ1n) is 6.51. The summed E-state index contributed by atoms with van der Waals surface area (Å²) in [7, 11) is 0. The van der Waals surface area contributed by atoms with Crippen LogP contribution in [0.25, 0.3) is 10.2 Å². The van der Waals surface area contributed by atoms with Gasteiger partial charge in [-0.1, -0.05) is 27.3 Å². The predicted octanol–water partition coefficient (Wildman–Crippen LogP) is 4.57. The molecule has 0 aliphatic carbocycles. The normalized spacial score (nSPS) is 13.4. The molecule has 6 heteroatoms. The van der Waals surface area contributed by atoms with Crippen LogP contribution in [0.15, 0.2) is 40.9 Å². The smallest absolute Gasteiger partial charge is 0.188 e. The first-order valence-corrected chi connectivity index (χ1v) is 8.12. The maximum atomic E-state index is 5.59. The van der Waals surface area contributed by atoms with Gasteiger partial charge in [-0.15, -0.1) is 0 Å². The molecule has 0 amide bonds. The van der Waals surface area contributed by atoms with Crippen LogP contribution in [0.3, 0.4) is 0 Å². The van der Waals surface area contributed by atoms with Crippen molar-refractivity contribution in [1.82, 2.24) is 4.98 Å². The van der Waals surface area contributed by atoms with Gasteiger partial charge in [0.05, 0.1) is 10.2 Å². The number of fused-ring (bicyclic) bond motifs is 2. The van der Waals surface area contributed by atoms with E-state index in [0.29, 0.717) is 13.2 Å². The van der Waals surface area contributed by atoms with Crippen molar-refractivity contribution in [2.45, 2.75) is 0 Å². The second-order valence-electron chi connectivity index (χ2n) is 4.61. The van der Waals surface area contributed by atoms with E-state index in [1.165, 1.54) is 0 Å². The van der Waals surface area contributed by atoms with Gasteiger partial charge < -0.3 is 14.8 Å². The monoisotopic (exact) mass is 362 g/mol. The molecule has 2 aromatic carbocycles. The van der Waals surface area contributed by atoms with E-state index in [4.69, 9.17) is 9.47 Å². The van der Waals surface area contributed by atoms with Crippen LogP contribution in [0.2, 0.25) is 0 Å². The fraction of sp³-hybridized carbons (Fsp3) is 0.133. The van der Waals surface area contributed by atoms with Crippen LogP contribution in [-0.4, -0.2) is 18.2 Å². The minimum Gasteiger partial charge on any atom is -0.486 e. The number of rotatable bonds is 2. The molecule has 0 fully saturated rings. The van der Waals surface area contributed by atoms with Gasteiger partial charge in [-0.05, 0) is 30.3 Å². The first-order chi connectivity index (χ1) is 10.3. The average molecular weight is 363 g/mol. The lowest BCUT2D eigenvalue weighted by Gasteiger charge is -2.18. The zero-order chi connectivity index (χ0) is 14.2. The Morgan fingerprint density at radius 3 is 2.81 bits per heavy atom. The minimum absolute atomic E-state index is 0.589. The molecular formula is C15H11BrN2O2S. The molecule has 1 aliphatic rings. The molecule has 2 heterocycles. The molecule has 0 atom stereocenters. The zero-order valence-corrected chi connectivity index (χ0v) is 13.3. The summed E-state index contributed by atoms with van der Waals surface area (Å²) in [5.74, 6) is 1.56.